The highest BCUT2D eigenvalue weighted by Gasteiger charge is 2.36. The number of hydrogen-bond acceptors (Lipinski definition) is 9. The third-order valence-electron chi connectivity index (χ3n) is 7.65. The molecule has 278 valence electrons. The van der Waals surface area contributed by atoms with Crippen molar-refractivity contribution >= 4 is 47.4 Å². The maximum absolute atomic E-state index is 13.5. The molecule has 10 N–H and O–H groups in total. The van der Waals surface area contributed by atoms with E-state index in [4.69, 9.17) is 5.73 Å². The molecule has 0 aromatic heterocycles. The lowest BCUT2D eigenvalue weighted by Crippen LogP contribution is -2.61. The van der Waals surface area contributed by atoms with Gasteiger partial charge in [-0.05, 0) is 36.2 Å². The van der Waals surface area contributed by atoms with Crippen molar-refractivity contribution in [1.82, 2.24) is 26.6 Å². The van der Waals surface area contributed by atoms with E-state index >= 15 is 0 Å². The number of aliphatic carboxylic acids is 3. The van der Waals surface area contributed by atoms with Gasteiger partial charge in [-0.3, -0.25) is 33.6 Å². The minimum absolute atomic E-state index is 0.141. The van der Waals surface area contributed by atoms with Gasteiger partial charge in [-0.2, -0.15) is 0 Å². The molecule has 0 aliphatic rings. The Balaban J connectivity index is 3.15. The van der Waals surface area contributed by atoms with Crippen LogP contribution in [0.5, 0.6) is 0 Å². The SMILES string of the molecule is CC(C)[C@H](NC(=O)[C@H](CC(=O)O)NC(=O)[C@@H](NC(=O)[C@@H](NC(=O)[C@H](CCC(=O)O)NC(=O)[C@@H](N)Cc1ccccc1)C(C)C)C(C)C)C(=O)O. The van der Waals surface area contributed by atoms with Crippen LogP contribution in [0.4, 0.5) is 0 Å². The van der Waals surface area contributed by atoms with E-state index in [-0.39, 0.29) is 12.8 Å². The monoisotopic (exact) mass is 706 g/mol. The summed E-state index contributed by atoms with van der Waals surface area (Å²) in [6.07, 6.45) is -1.55. The summed E-state index contributed by atoms with van der Waals surface area (Å²) in [5.74, 6) is -10.2. The fourth-order valence-corrected chi connectivity index (χ4v) is 4.76. The molecule has 0 fully saturated rings. The molecule has 0 unspecified atom stereocenters. The topological polar surface area (TPSA) is 283 Å². The zero-order chi connectivity index (χ0) is 38.3. The summed E-state index contributed by atoms with van der Waals surface area (Å²) in [4.78, 5) is 100. The summed E-state index contributed by atoms with van der Waals surface area (Å²) in [6, 6.07) is 0.715. The van der Waals surface area contributed by atoms with Gasteiger partial charge in [-0.25, -0.2) is 4.79 Å². The van der Waals surface area contributed by atoms with Crippen molar-refractivity contribution in [3.05, 3.63) is 35.9 Å². The van der Waals surface area contributed by atoms with Crippen LogP contribution < -0.4 is 32.3 Å². The van der Waals surface area contributed by atoms with Gasteiger partial charge in [0, 0.05) is 6.42 Å². The number of nitrogens with two attached hydrogens (primary N) is 1. The van der Waals surface area contributed by atoms with Gasteiger partial charge in [0.1, 0.15) is 30.2 Å². The molecule has 17 heteroatoms. The van der Waals surface area contributed by atoms with Crippen molar-refractivity contribution < 1.29 is 53.7 Å². The average molecular weight is 707 g/mol. The van der Waals surface area contributed by atoms with Gasteiger partial charge >= 0.3 is 17.9 Å². The number of carboxylic acids is 3. The number of carbonyl (C=O) groups excluding carboxylic acids is 5. The van der Waals surface area contributed by atoms with E-state index < -0.39 is 114 Å². The first-order valence-electron chi connectivity index (χ1n) is 16.2. The minimum Gasteiger partial charge on any atom is -0.481 e. The third kappa shape index (κ3) is 14.6. The van der Waals surface area contributed by atoms with Crippen LogP contribution in [0.15, 0.2) is 30.3 Å². The highest BCUT2D eigenvalue weighted by molar-refractivity contribution is 5.97. The number of benzene rings is 1. The standard InChI is InChI=1S/C33H50N6O11/c1-16(2)25(31(47)36-22(15-24(42)43)30(46)39-27(18(5)6)33(49)50)38-32(48)26(17(3)4)37-29(45)21(12-13-23(40)41)35-28(44)20(34)14-19-10-8-7-9-11-19/h7-11,16-18,20-22,25-27H,12-15,34H2,1-6H3,(H,35,44)(H,36,47)(H,37,45)(H,38,48)(H,39,46)(H,40,41)(H,42,43)(H,49,50)/t20-,21-,22-,25-,26-,27-/m0/s1. The Bertz CT molecular complexity index is 1370. The number of rotatable bonds is 21. The Labute approximate surface area is 290 Å². The van der Waals surface area contributed by atoms with Crippen LogP contribution in [-0.2, 0) is 44.8 Å². The summed E-state index contributed by atoms with van der Waals surface area (Å²) >= 11 is 0. The lowest BCUT2D eigenvalue weighted by molar-refractivity contribution is -0.144. The van der Waals surface area contributed by atoms with Crippen LogP contribution in [-0.4, -0.2) is 99.0 Å². The molecule has 0 radical (unpaired) electrons. The lowest BCUT2D eigenvalue weighted by Gasteiger charge is -2.29. The third-order valence-corrected chi connectivity index (χ3v) is 7.65. The number of amides is 5. The van der Waals surface area contributed by atoms with Crippen molar-refractivity contribution in [1.29, 1.82) is 0 Å². The van der Waals surface area contributed by atoms with Crippen LogP contribution in [0.25, 0.3) is 0 Å². The molecule has 0 saturated heterocycles. The molecule has 50 heavy (non-hydrogen) atoms. The van der Waals surface area contributed by atoms with E-state index in [1.807, 2.05) is 0 Å². The zero-order valence-corrected chi connectivity index (χ0v) is 29.1. The van der Waals surface area contributed by atoms with Gasteiger partial charge in [-0.15, -0.1) is 0 Å². The Morgan fingerprint density at radius 3 is 1.48 bits per heavy atom. The Morgan fingerprint density at radius 2 is 1.02 bits per heavy atom. The number of carboxylic acid groups (broad SMARTS) is 3. The minimum atomic E-state index is -1.69. The summed E-state index contributed by atoms with van der Waals surface area (Å²) in [5.41, 5.74) is 6.81. The van der Waals surface area contributed by atoms with Gasteiger partial charge < -0.3 is 47.6 Å². The predicted molar refractivity (Wildman–Crippen MR) is 179 cm³/mol. The molecule has 0 bridgehead atoms. The van der Waals surface area contributed by atoms with Gasteiger partial charge in [0.05, 0.1) is 12.5 Å². The van der Waals surface area contributed by atoms with Crippen molar-refractivity contribution in [2.45, 2.75) is 103 Å². The molecule has 0 spiro atoms. The lowest BCUT2D eigenvalue weighted by atomic mass is 9.98. The van der Waals surface area contributed by atoms with E-state index in [1.165, 1.54) is 13.8 Å². The maximum Gasteiger partial charge on any atom is 0.326 e. The molecule has 0 aliphatic heterocycles. The summed E-state index contributed by atoms with van der Waals surface area (Å²) in [7, 11) is 0. The van der Waals surface area contributed by atoms with Crippen LogP contribution in [0.2, 0.25) is 0 Å². The Hall–Kier alpha value is -5.06. The Kier molecular flexibility index (Phi) is 17.6. The molecule has 6 atom stereocenters. The number of nitrogens with one attached hydrogen (secondary N) is 5. The summed E-state index contributed by atoms with van der Waals surface area (Å²) in [5, 5.41) is 40.0. The molecule has 1 aromatic rings. The van der Waals surface area contributed by atoms with E-state index in [1.54, 1.807) is 58.0 Å². The molecule has 0 aliphatic carbocycles. The van der Waals surface area contributed by atoms with E-state index in [2.05, 4.69) is 26.6 Å². The second kappa shape index (κ2) is 20.5. The fraction of sp³-hybridized carbons (Fsp3) is 0.576. The van der Waals surface area contributed by atoms with Crippen LogP contribution in [0.3, 0.4) is 0 Å². The first-order chi connectivity index (χ1) is 23.2. The summed E-state index contributed by atoms with van der Waals surface area (Å²) in [6.45, 7) is 9.37. The number of carbonyl (C=O) groups is 8. The van der Waals surface area contributed by atoms with Gasteiger partial charge in [0.25, 0.3) is 0 Å². The molecular formula is C33H50N6O11. The largest absolute Gasteiger partial charge is 0.481 e. The highest BCUT2D eigenvalue weighted by Crippen LogP contribution is 2.11. The van der Waals surface area contributed by atoms with Crippen molar-refractivity contribution in [3.63, 3.8) is 0 Å². The zero-order valence-electron chi connectivity index (χ0n) is 29.1. The van der Waals surface area contributed by atoms with E-state index in [0.717, 1.165) is 5.56 Å². The maximum atomic E-state index is 13.5. The van der Waals surface area contributed by atoms with Gasteiger partial charge in [0.2, 0.25) is 29.5 Å². The molecule has 0 saturated carbocycles. The van der Waals surface area contributed by atoms with Crippen molar-refractivity contribution in [2.24, 2.45) is 23.5 Å². The fourth-order valence-electron chi connectivity index (χ4n) is 4.76. The van der Waals surface area contributed by atoms with Gasteiger partial charge in [-0.1, -0.05) is 71.9 Å². The molecule has 0 heterocycles. The quantitative estimate of drug-likeness (QED) is 0.0773. The van der Waals surface area contributed by atoms with Crippen LogP contribution in [0, 0.1) is 17.8 Å². The van der Waals surface area contributed by atoms with E-state index in [9.17, 15) is 53.7 Å². The highest BCUT2D eigenvalue weighted by atomic mass is 16.4. The van der Waals surface area contributed by atoms with Crippen molar-refractivity contribution in [3.8, 4) is 0 Å². The normalized spacial score (nSPS) is 14.8. The van der Waals surface area contributed by atoms with Crippen molar-refractivity contribution in [2.75, 3.05) is 0 Å². The smallest absolute Gasteiger partial charge is 0.326 e. The molecule has 1 rings (SSSR count). The first kappa shape index (κ1) is 43.0. The van der Waals surface area contributed by atoms with Crippen LogP contribution >= 0.6 is 0 Å². The second-order valence-electron chi connectivity index (χ2n) is 13.0. The predicted octanol–water partition coefficient (Wildman–Crippen LogP) is -0.627. The number of hydrogen-bond donors (Lipinski definition) is 9. The van der Waals surface area contributed by atoms with Crippen LogP contribution in [0.1, 0.15) is 66.4 Å². The molecule has 1 aromatic carbocycles. The summed E-state index contributed by atoms with van der Waals surface area (Å²) < 4.78 is 0. The molecule has 5 amide bonds. The van der Waals surface area contributed by atoms with Gasteiger partial charge in [0.15, 0.2) is 0 Å². The van der Waals surface area contributed by atoms with E-state index in [0.29, 0.717) is 0 Å². The molecular weight excluding hydrogens is 656 g/mol. The Morgan fingerprint density at radius 1 is 0.580 bits per heavy atom. The molecule has 17 nitrogen and oxygen atoms in total. The average Bonchev–Trinajstić information content (AvgIpc) is 3.01. The first-order valence-corrected chi connectivity index (χ1v) is 16.2. The second-order valence-corrected chi connectivity index (χ2v) is 13.0.